The van der Waals surface area contributed by atoms with Crippen LogP contribution in [0, 0.1) is 34.0 Å². The molecule has 0 amide bonds. The van der Waals surface area contributed by atoms with Gasteiger partial charge in [-0.05, 0) is 6.07 Å². The minimum Gasteiger partial charge on any atom is -0.223 e. The van der Waals surface area contributed by atoms with E-state index in [2.05, 4.69) is 9.97 Å². The molecule has 60 valence electrons. The highest BCUT2D eigenvalue weighted by Crippen LogP contribution is 2.00. The van der Waals surface area contributed by atoms with Crippen LogP contribution >= 0.6 is 0 Å². The van der Waals surface area contributed by atoms with Gasteiger partial charge in [0.15, 0.2) is 0 Å². The molecule has 0 aliphatic heterocycles. The second kappa shape index (κ2) is 3.80. The maximum atomic E-state index is 8.52. The van der Waals surface area contributed by atoms with Crippen LogP contribution in [0.1, 0.15) is 17.2 Å². The van der Waals surface area contributed by atoms with E-state index in [1.54, 1.807) is 12.1 Å². The summed E-state index contributed by atoms with van der Waals surface area (Å²) in [5, 5.41) is 25.4. The van der Waals surface area contributed by atoms with Crippen molar-refractivity contribution in [2.45, 2.75) is 6.42 Å². The standard InChI is InChI=1S/C8H3N5/c9-2-1-6-3-7(4-10)13-8(5-11)12-6/h3H,1H2. The van der Waals surface area contributed by atoms with Crippen molar-refractivity contribution >= 4 is 0 Å². The summed E-state index contributed by atoms with van der Waals surface area (Å²) in [5.74, 6) is -0.0794. The number of aromatic nitrogens is 2. The van der Waals surface area contributed by atoms with Gasteiger partial charge in [-0.3, -0.25) is 0 Å². The van der Waals surface area contributed by atoms with Gasteiger partial charge in [0.1, 0.15) is 17.8 Å². The van der Waals surface area contributed by atoms with E-state index in [1.807, 2.05) is 6.07 Å². The van der Waals surface area contributed by atoms with Gasteiger partial charge in [-0.2, -0.15) is 15.8 Å². The third-order valence-electron chi connectivity index (χ3n) is 1.25. The molecule has 13 heavy (non-hydrogen) atoms. The summed E-state index contributed by atoms with van der Waals surface area (Å²) in [7, 11) is 0. The van der Waals surface area contributed by atoms with Crippen molar-refractivity contribution in [2.75, 3.05) is 0 Å². The monoisotopic (exact) mass is 169 g/mol. The Morgan fingerprint density at radius 2 is 1.92 bits per heavy atom. The van der Waals surface area contributed by atoms with Crippen LogP contribution in [0.2, 0.25) is 0 Å². The summed E-state index contributed by atoms with van der Waals surface area (Å²) in [4.78, 5) is 7.35. The van der Waals surface area contributed by atoms with Crippen molar-refractivity contribution in [3.8, 4) is 18.2 Å². The molecule has 0 fully saturated rings. The molecule has 5 heteroatoms. The Morgan fingerprint density at radius 1 is 1.15 bits per heavy atom. The Hall–Kier alpha value is -2.45. The van der Waals surface area contributed by atoms with Gasteiger partial charge in [0.05, 0.1) is 18.2 Å². The first-order valence-electron chi connectivity index (χ1n) is 3.35. The lowest BCUT2D eigenvalue weighted by Crippen LogP contribution is -1.97. The van der Waals surface area contributed by atoms with Crippen molar-refractivity contribution < 1.29 is 0 Å². The van der Waals surface area contributed by atoms with Gasteiger partial charge >= 0.3 is 0 Å². The van der Waals surface area contributed by atoms with Crippen LogP contribution in [0.5, 0.6) is 0 Å². The summed E-state index contributed by atoms with van der Waals surface area (Å²) >= 11 is 0. The summed E-state index contributed by atoms with van der Waals surface area (Å²) in [5.41, 5.74) is 0.502. The highest BCUT2D eigenvalue weighted by atomic mass is 14.9. The lowest BCUT2D eigenvalue weighted by molar-refractivity contribution is 1.01. The lowest BCUT2D eigenvalue weighted by Gasteiger charge is -1.94. The van der Waals surface area contributed by atoms with Crippen molar-refractivity contribution in [1.29, 1.82) is 15.8 Å². The quantitative estimate of drug-likeness (QED) is 0.601. The van der Waals surface area contributed by atoms with Crippen LogP contribution in [-0.2, 0) is 6.42 Å². The van der Waals surface area contributed by atoms with Crippen LogP contribution in [0.15, 0.2) is 6.07 Å². The van der Waals surface area contributed by atoms with Crippen LogP contribution < -0.4 is 0 Å². The van der Waals surface area contributed by atoms with Gasteiger partial charge in [0, 0.05) is 0 Å². The molecule has 0 bridgehead atoms. The largest absolute Gasteiger partial charge is 0.233 e. The predicted molar refractivity (Wildman–Crippen MR) is 40.8 cm³/mol. The molecule has 1 heterocycles. The van der Waals surface area contributed by atoms with E-state index in [4.69, 9.17) is 15.8 Å². The fourth-order valence-electron chi connectivity index (χ4n) is 0.776. The minimum atomic E-state index is -0.0794. The van der Waals surface area contributed by atoms with E-state index in [1.165, 1.54) is 6.07 Å². The number of rotatable bonds is 1. The Kier molecular flexibility index (Phi) is 2.53. The van der Waals surface area contributed by atoms with Crippen molar-refractivity contribution in [1.82, 2.24) is 9.97 Å². The van der Waals surface area contributed by atoms with E-state index in [9.17, 15) is 0 Å². The Labute approximate surface area is 74.5 Å². The number of hydrogen-bond donors (Lipinski definition) is 0. The van der Waals surface area contributed by atoms with Gasteiger partial charge in [0.25, 0.3) is 0 Å². The van der Waals surface area contributed by atoms with Crippen molar-refractivity contribution in [2.24, 2.45) is 0 Å². The average Bonchev–Trinajstić information content (AvgIpc) is 2.17. The molecule has 1 rings (SSSR count). The molecular formula is C8H3N5. The Morgan fingerprint density at radius 3 is 2.46 bits per heavy atom. The smallest absolute Gasteiger partial charge is 0.223 e. The highest BCUT2D eigenvalue weighted by molar-refractivity contribution is 5.27. The van der Waals surface area contributed by atoms with Gasteiger partial charge in [0.2, 0.25) is 5.82 Å². The Balaban J connectivity index is 3.20. The third kappa shape index (κ3) is 1.99. The molecule has 0 unspecified atom stereocenters. The highest BCUT2D eigenvalue weighted by Gasteiger charge is 2.02. The topological polar surface area (TPSA) is 97.1 Å². The zero-order valence-corrected chi connectivity index (χ0v) is 6.52. The van der Waals surface area contributed by atoms with Gasteiger partial charge in [-0.25, -0.2) is 9.97 Å². The zero-order chi connectivity index (χ0) is 9.68. The van der Waals surface area contributed by atoms with Crippen molar-refractivity contribution in [3.63, 3.8) is 0 Å². The van der Waals surface area contributed by atoms with E-state index in [0.717, 1.165) is 0 Å². The average molecular weight is 169 g/mol. The number of nitriles is 3. The summed E-state index contributed by atoms with van der Waals surface area (Å²) in [6, 6.07) is 6.78. The van der Waals surface area contributed by atoms with E-state index in [0.29, 0.717) is 5.69 Å². The SMILES string of the molecule is N#CCc1cc(C#N)nc(C#N)n1. The van der Waals surface area contributed by atoms with Crippen LogP contribution in [0.25, 0.3) is 0 Å². The maximum Gasteiger partial charge on any atom is 0.233 e. The van der Waals surface area contributed by atoms with Gasteiger partial charge in [-0.15, -0.1) is 0 Å². The van der Waals surface area contributed by atoms with E-state index in [-0.39, 0.29) is 17.9 Å². The summed E-state index contributed by atoms with van der Waals surface area (Å²) in [6.45, 7) is 0. The molecule has 0 saturated carbocycles. The number of nitrogens with zero attached hydrogens (tertiary/aromatic N) is 5. The second-order valence-electron chi connectivity index (χ2n) is 2.13. The molecule has 0 aliphatic rings. The second-order valence-corrected chi connectivity index (χ2v) is 2.13. The van der Waals surface area contributed by atoms with Gasteiger partial charge < -0.3 is 0 Å². The molecule has 1 aromatic heterocycles. The number of hydrogen-bond acceptors (Lipinski definition) is 5. The first kappa shape index (κ1) is 8.64. The van der Waals surface area contributed by atoms with Gasteiger partial charge in [-0.1, -0.05) is 0 Å². The summed E-state index contributed by atoms with van der Waals surface area (Å²) in [6.07, 6.45) is 0.0753. The molecular weight excluding hydrogens is 166 g/mol. The molecule has 5 nitrogen and oxygen atoms in total. The van der Waals surface area contributed by atoms with Crippen LogP contribution in [-0.4, -0.2) is 9.97 Å². The lowest BCUT2D eigenvalue weighted by atomic mass is 10.3. The fraction of sp³-hybridized carbons (Fsp3) is 0.125. The summed E-state index contributed by atoms with van der Waals surface area (Å²) < 4.78 is 0. The molecule has 0 saturated heterocycles. The first-order valence-corrected chi connectivity index (χ1v) is 3.35. The molecule has 1 aromatic rings. The minimum absolute atomic E-state index is 0.0753. The van der Waals surface area contributed by atoms with Crippen LogP contribution in [0.3, 0.4) is 0 Å². The van der Waals surface area contributed by atoms with E-state index >= 15 is 0 Å². The molecule has 0 N–H and O–H groups in total. The molecule has 0 spiro atoms. The molecule has 0 aromatic carbocycles. The van der Waals surface area contributed by atoms with Crippen LogP contribution in [0.4, 0.5) is 0 Å². The van der Waals surface area contributed by atoms with Crippen molar-refractivity contribution in [3.05, 3.63) is 23.3 Å². The molecule has 0 atom stereocenters. The Bertz CT molecular complexity index is 411. The normalized spacial score (nSPS) is 8.08. The maximum absolute atomic E-state index is 8.52. The van der Waals surface area contributed by atoms with E-state index < -0.39 is 0 Å². The first-order chi connectivity index (χ1) is 6.30. The third-order valence-corrected chi connectivity index (χ3v) is 1.25. The molecule has 0 radical (unpaired) electrons. The predicted octanol–water partition coefficient (Wildman–Crippen LogP) is 0.286. The molecule has 0 aliphatic carbocycles. The zero-order valence-electron chi connectivity index (χ0n) is 6.52. The fourth-order valence-corrected chi connectivity index (χ4v) is 0.776.